The minimum absolute atomic E-state index is 0.111. The summed E-state index contributed by atoms with van der Waals surface area (Å²) in [6.45, 7) is 0.322. The number of fused-ring (bicyclic) bond motifs is 4. The summed E-state index contributed by atoms with van der Waals surface area (Å²) >= 11 is 6.25. The molecule has 3 aromatic rings. The van der Waals surface area contributed by atoms with E-state index in [1.165, 1.54) is 18.2 Å². The third-order valence-corrected chi connectivity index (χ3v) is 5.71. The maximum atomic E-state index is 14.0. The molecular formula is C20H14ClFN4O2. The van der Waals surface area contributed by atoms with Crippen LogP contribution in [0.1, 0.15) is 23.1 Å². The van der Waals surface area contributed by atoms with Gasteiger partial charge in [-0.2, -0.15) is 5.10 Å². The van der Waals surface area contributed by atoms with Gasteiger partial charge in [0.25, 0.3) is 0 Å². The number of hydrogen-bond donors (Lipinski definition) is 2. The summed E-state index contributed by atoms with van der Waals surface area (Å²) in [7, 11) is 0. The van der Waals surface area contributed by atoms with Crippen LogP contribution in [0.25, 0.3) is 0 Å². The van der Waals surface area contributed by atoms with E-state index in [2.05, 4.69) is 15.7 Å². The van der Waals surface area contributed by atoms with Gasteiger partial charge in [-0.05, 0) is 35.4 Å². The monoisotopic (exact) mass is 396 g/mol. The van der Waals surface area contributed by atoms with Crippen LogP contribution in [0.2, 0.25) is 5.02 Å². The minimum Gasteiger partial charge on any atom is -0.325 e. The lowest BCUT2D eigenvalue weighted by molar-refractivity contribution is -0.125. The van der Waals surface area contributed by atoms with Crippen molar-refractivity contribution >= 4 is 34.9 Å². The summed E-state index contributed by atoms with van der Waals surface area (Å²) in [5, 5.41) is 10.5. The van der Waals surface area contributed by atoms with Crippen LogP contribution < -0.4 is 10.6 Å². The quantitative estimate of drug-likeness (QED) is 0.697. The Bertz CT molecular complexity index is 1160. The summed E-state index contributed by atoms with van der Waals surface area (Å²) in [5.74, 6) is -0.740. The number of nitrogens with one attached hydrogen (secondary N) is 2. The first-order valence-corrected chi connectivity index (χ1v) is 9.08. The van der Waals surface area contributed by atoms with Gasteiger partial charge in [0.1, 0.15) is 17.1 Å². The molecule has 1 atom stereocenters. The number of nitrogens with zero attached hydrogens (tertiary/aromatic N) is 2. The molecular weight excluding hydrogens is 383 g/mol. The summed E-state index contributed by atoms with van der Waals surface area (Å²) in [4.78, 5) is 25.5. The van der Waals surface area contributed by atoms with E-state index in [4.69, 9.17) is 11.6 Å². The van der Waals surface area contributed by atoms with Crippen LogP contribution in [-0.2, 0) is 21.5 Å². The number of rotatable bonds is 2. The van der Waals surface area contributed by atoms with Crippen molar-refractivity contribution in [2.75, 3.05) is 10.6 Å². The van der Waals surface area contributed by atoms with Crippen LogP contribution in [0.4, 0.5) is 15.9 Å². The number of benzene rings is 2. The van der Waals surface area contributed by atoms with Gasteiger partial charge in [-0.15, -0.1) is 0 Å². The number of halogens is 2. The van der Waals surface area contributed by atoms with Gasteiger partial charge in [0.15, 0.2) is 0 Å². The molecule has 8 heteroatoms. The fourth-order valence-corrected chi connectivity index (χ4v) is 4.22. The molecule has 28 heavy (non-hydrogen) atoms. The van der Waals surface area contributed by atoms with E-state index in [0.29, 0.717) is 34.2 Å². The average Bonchev–Trinajstić information content (AvgIpc) is 3.18. The highest BCUT2D eigenvalue weighted by Gasteiger charge is 2.54. The fraction of sp³-hybridized carbons (Fsp3) is 0.150. The van der Waals surface area contributed by atoms with Crippen molar-refractivity contribution in [3.05, 3.63) is 76.2 Å². The van der Waals surface area contributed by atoms with Crippen LogP contribution in [0.5, 0.6) is 0 Å². The molecule has 0 bridgehead atoms. The van der Waals surface area contributed by atoms with Crippen molar-refractivity contribution in [2.45, 2.75) is 18.4 Å². The zero-order valence-corrected chi connectivity index (χ0v) is 15.3. The van der Waals surface area contributed by atoms with Crippen molar-refractivity contribution in [1.82, 2.24) is 9.78 Å². The summed E-state index contributed by atoms with van der Waals surface area (Å²) < 4.78 is 15.6. The number of aromatic nitrogens is 2. The van der Waals surface area contributed by atoms with Crippen LogP contribution in [0.3, 0.4) is 0 Å². The SMILES string of the molecule is O=C1CC2(C(=O)Nc3ccc(F)cc32)c2cnn(Cc3ccccc3Cl)c2N1. The second-order valence-electron chi connectivity index (χ2n) is 6.93. The van der Waals surface area contributed by atoms with E-state index in [9.17, 15) is 14.0 Å². The summed E-state index contributed by atoms with van der Waals surface area (Å²) in [6.07, 6.45) is 1.45. The molecule has 1 spiro atoms. The van der Waals surface area contributed by atoms with Crippen LogP contribution in [-0.4, -0.2) is 21.6 Å². The van der Waals surface area contributed by atoms with Gasteiger partial charge in [-0.3, -0.25) is 9.59 Å². The van der Waals surface area contributed by atoms with Crippen LogP contribution in [0, 0.1) is 5.82 Å². The molecule has 5 rings (SSSR count). The van der Waals surface area contributed by atoms with Gasteiger partial charge in [0, 0.05) is 22.7 Å². The molecule has 140 valence electrons. The molecule has 2 aromatic carbocycles. The normalized spacial score (nSPS) is 19.9. The Hall–Kier alpha value is -3.19. The summed E-state index contributed by atoms with van der Waals surface area (Å²) in [6, 6.07) is 11.4. The van der Waals surface area contributed by atoms with Gasteiger partial charge >= 0.3 is 0 Å². The average molecular weight is 397 g/mol. The molecule has 1 aromatic heterocycles. The van der Waals surface area contributed by atoms with Gasteiger partial charge in [-0.25, -0.2) is 9.07 Å². The maximum absolute atomic E-state index is 14.0. The van der Waals surface area contributed by atoms with E-state index >= 15 is 0 Å². The maximum Gasteiger partial charge on any atom is 0.240 e. The first-order valence-electron chi connectivity index (χ1n) is 8.70. The third kappa shape index (κ3) is 2.29. The van der Waals surface area contributed by atoms with E-state index < -0.39 is 11.2 Å². The first kappa shape index (κ1) is 16.9. The Balaban J connectivity index is 1.67. The van der Waals surface area contributed by atoms with Crippen molar-refractivity contribution in [2.24, 2.45) is 0 Å². The smallest absolute Gasteiger partial charge is 0.240 e. The Morgan fingerprint density at radius 3 is 2.79 bits per heavy atom. The number of anilines is 2. The molecule has 2 aliphatic heterocycles. The van der Waals surface area contributed by atoms with E-state index in [1.807, 2.05) is 18.2 Å². The Kier molecular flexibility index (Phi) is 3.57. The Morgan fingerprint density at radius 2 is 1.96 bits per heavy atom. The fourth-order valence-electron chi connectivity index (χ4n) is 4.02. The molecule has 6 nitrogen and oxygen atoms in total. The van der Waals surface area contributed by atoms with Gasteiger partial charge in [0.2, 0.25) is 11.8 Å². The van der Waals surface area contributed by atoms with Crippen LogP contribution >= 0.6 is 11.6 Å². The van der Waals surface area contributed by atoms with Gasteiger partial charge in [0.05, 0.1) is 12.7 Å². The second-order valence-corrected chi connectivity index (χ2v) is 7.34. The number of carbonyl (C=O) groups is 2. The first-order chi connectivity index (χ1) is 13.5. The lowest BCUT2D eigenvalue weighted by Crippen LogP contribution is -2.43. The van der Waals surface area contributed by atoms with E-state index in [-0.39, 0.29) is 18.2 Å². The summed E-state index contributed by atoms with van der Waals surface area (Å²) in [5.41, 5.74) is 1.03. The predicted octanol–water partition coefficient (Wildman–Crippen LogP) is 3.30. The highest BCUT2D eigenvalue weighted by Crippen LogP contribution is 2.50. The zero-order chi connectivity index (χ0) is 19.5. The standard InChI is InChI=1S/C20H14ClFN4O2/c21-15-4-2-1-3-11(15)10-26-18-14(9-23-26)20(8-17(27)25-18)13-7-12(22)5-6-16(13)24-19(20)28/h1-7,9H,8,10H2,(H,24,28)(H,25,27). The Morgan fingerprint density at radius 1 is 1.14 bits per heavy atom. The molecule has 2 amide bonds. The molecule has 2 N–H and O–H groups in total. The minimum atomic E-state index is -1.30. The molecule has 1 unspecified atom stereocenters. The molecule has 0 saturated heterocycles. The predicted molar refractivity (Wildman–Crippen MR) is 102 cm³/mol. The van der Waals surface area contributed by atoms with Gasteiger partial charge < -0.3 is 10.6 Å². The molecule has 0 fully saturated rings. The topological polar surface area (TPSA) is 76.0 Å². The molecule has 0 aliphatic carbocycles. The number of carbonyl (C=O) groups excluding carboxylic acids is 2. The van der Waals surface area contributed by atoms with Crippen molar-refractivity contribution in [3.63, 3.8) is 0 Å². The van der Waals surface area contributed by atoms with Crippen molar-refractivity contribution in [1.29, 1.82) is 0 Å². The lowest BCUT2D eigenvalue weighted by atomic mass is 9.72. The van der Waals surface area contributed by atoms with Crippen LogP contribution in [0.15, 0.2) is 48.7 Å². The lowest BCUT2D eigenvalue weighted by Gasteiger charge is -2.31. The molecule has 3 heterocycles. The molecule has 0 saturated carbocycles. The van der Waals surface area contributed by atoms with Gasteiger partial charge in [-0.1, -0.05) is 29.8 Å². The molecule has 2 aliphatic rings. The van der Waals surface area contributed by atoms with Crippen molar-refractivity contribution < 1.29 is 14.0 Å². The Labute approximate surface area is 164 Å². The zero-order valence-electron chi connectivity index (χ0n) is 14.5. The highest BCUT2D eigenvalue weighted by atomic mass is 35.5. The van der Waals surface area contributed by atoms with Crippen molar-refractivity contribution in [3.8, 4) is 0 Å². The van der Waals surface area contributed by atoms with E-state index in [1.54, 1.807) is 16.9 Å². The molecule has 0 radical (unpaired) electrons. The third-order valence-electron chi connectivity index (χ3n) is 5.34. The highest BCUT2D eigenvalue weighted by molar-refractivity contribution is 6.31. The second kappa shape index (κ2) is 5.90. The number of amides is 2. The largest absolute Gasteiger partial charge is 0.325 e. The number of hydrogen-bond acceptors (Lipinski definition) is 3. The van der Waals surface area contributed by atoms with E-state index in [0.717, 1.165) is 5.56 Å².